The Kier molecular flexibility index (Phi) is 2.12. The molecule has 0 aromatic heterocycles. The van der Waals surface area contributed by atoms with Crippen molar-refractivity contribution in [1.29, 1.82) is 0 Å². The third kappa shape index (κ3) is 1.56. The second kappa shape index (κ2) is 2.60. The summed E-state index contributed by atoms with van der Waals surface area (Å²) < 4.78 is 47.6. The molecular formula is C5H6F4S. The molecule has 1 saturated heterocycles. The molecule has 1 aliphatic heterocycles. The van der Waals surface area contributed by atoms with Crippen LogP contribution in [0.4, 0.5) is 17.6 Å². The van der Waals surface area contributed by atoms with Gasteiger partial charge in [0.25, 0.3) is 0 Å². The Morgan fingerprint density at radius 3 is 2.00 bits per heavy atom. The van der Waals surface area contributed by atoms with Crippen LogP contribution in [-0.4, -0.2) is 23.9 Å². The molecule has 1 aliphatic rings. The summed E-state index contributed by atoms with van der Waals surface area (Å²) in [5.41, 5.74) is 0. The third-order valence-electron chi connectivity index (χ3n) is 1.43. The second-order valence-corrected chi connectivity index (χ2v) is 3.28. The SMILES string of the molecule is FC1CSCC1C(F)(F)F. The van der Waals surface area contributed by atoms with Crippen molar-refractivity contribution in [3.8, 4) is 0 Å². The van der Waals surface area contributed by atoms with Gasteiger partial charge in [-0.05, 0) is 0 Å². The fraction of sp³-hybridized carbons (Fsp3) is 1.00. The van der Waals surface area contributed by atoms with Crippen LogP contribution in [-0.2, 0) is 0 Å². The number of hydrogen-bond donors (Lipinski definition) is 0. The van der Waals surface area contributed by atoms with Crippen molar-refractivity contribution in [1.82, 2.24) is 0 Å². The van der Waals surface area contributed by atoms with E-state index < -0.39 is 18.3 Å². The van der Waals surface area contributed by atoms with Crippen LogP contribution in [0.1, 0.15) is 0 Å². The van der Waals surface area contributed by atoms with E-state index in [1.165, 1.54) is 0 Å². The maximum atomic E-state index is 12.3. The van der Waals surface area contributed by atoms with E-state index in [0.717, 1.165) is 11.8 Å². The molecule has 5 heteroatoms. The maximum Gasteiger partial charge on any atom is 0.395 e. The van der Waals surface area contributed by atoms with E-state index in [4.69, 9.17) is 0 Å². The van der Waals surface area contributed by atoms with Crippen LogP contribution in [0.3, 0.4) is 0 Å². The van der Waals surface area contributed by atoms with Crippen LogP contribution in [0, 0.1) is 5.92 Å². The van der Waals surface area contributed by atoms with Gasteiger partial charge in [0.15, 0.2) is 0 Å². The van der Waals surface area contributed by atoms with Crippen LogP contribution < -0.4 is 0 Å². The fourth-order valence-electron chi connectivity index (χ4n) is 0.828. The Bertz CT molecular complexity index is 121. The first-order valence-corrected chi connectivity index (χ1v) is 3.96. The molecule has 0 aromatic rings. The Morgan fingerprint density at radius 2 is 1.80 bits per heavy atom. The molecule has 0 aliphatic carbocycles. The van der Waals surface area contributed by atoms with E-state index in [0.29, 0.717) is 0 Å². The lowest BCUT2D eigenvalue weighted by atomic mass is 10.1. The molecule has 1 heterocycles. The van der Waals surface area contributed by atoms with E-state index in [-0.39, 0.29) is 11.5 Å². The lowest BCUT2D eigenvalue weighted by Crippen LogP contribution is -2.30. The van der Waals surface area contributed by atoms with E-state index in [2.05, 4.69) is 0 Å². The Hall–Kier alpha value is 0.0700. The number of rotatable bonds is 0. The molecule has 0 radical (unpaired) electrons. The van der Waals surface area contributed by atoms with Crippen LogP contribution in [0.25, 0.3) is 0 Å². The largest absolute Gasteiger partial charge is 0.395 e. The summed E-state index contributed by atoms with van der Waals surface area (Å²) in [5, 5.41) is 0. The summed E-state index contributed by atoms with van der Waals surface area (Å²) >= 11 is 1.02. The van der Waals surface area contributed by atoms with Crippen LogP contribution in [0.15, 0.2) is 0 Å². The first-order chi connectivity index (χ1) is 4.52. The number of alkyl halides is 4. The fourth-order valence-corrected chi connectivity index (χ4v) is 2.07. The maximum absolute atomic E-state index is 12.3. The Labute approximate surface area is 60.0 Å². The molecule has 0 saturated carbocycles. The molecule has 1 rings (SSSR count). The summed E-state index contributed by atoms with van der Waals surface area (Å²) in [7, 11) is 0. The van der Waals surface area contributed by atoms with Crippen LogP contribution >= 0.6 is 11.8 Å². The van der Waals surface area contributed by atoms with Crippen molar-refractivity contribution >= 4 is 11.8 Å². The number of halogens is 4. The quantitative estimate of drug-likeness (QED) is 0.507. The minimum absolute atomic E-state index is 0.00975. The van der Waals surface area contributed by atoms with Crippen molar-refractivity contribution in [2.45, 2.75) is 12.3 Å². The highest BCUT2D eigenvalue weighted by Gasteiger charge is 2.47. The van der Waals surface area contributed by atoms with Crippen molar-refractivity contribution in [3.63, 3.8) is 0 Å². The molecule has 0 spiro atoms. The number of thioether (sulfide) groups is 1. The monoisotopic (exact) mass is 174 g/mol. The highest BCUT2D eigenvalue weighted by molar-refractivity contribution is 7.99. The zero-order valence-electron chi connectivity index (χ0n) is 4.99. The molecule has 0 amide bonds. The normalized spacial score (nSPS) is 34.8. The topological polar surface area (TPSA) is 0 Å². The van der Waals surface area contributed by atoms with Gasteiger partial charge in [0.05, 0.1) is 5.92 Å². The summed E-state index contributed by atoms with van der Waals surface area (Å²) in [5.74, 6) is -1.85. The van der Waals surface area contributed by atoms with Gasteiger partial charge in [0.2, 0.25) is 0 Å². The minimum atomic E-state index is -4.34. The molecule has 2 atom stereocenters. The molecule has 0 aromatic carbocycles. The Balaban J connectivity index is 2.55. The van der Waals surface area contributed by atoms with Gasteiger partial charge in [-0.2, -0.15) is 24.9 Å². The van der Waals surface area contributed by atoms with Crippen molar-refractivity contribution in [2.24, 2.45) is 5.92 Å². The highest BCUT2D eigenvalue weighted by atomic mass is 32.2. The molecule has 1 fully saturated rings. The average Bonchev–Trinajstić information content (AvgIpc) is 2.11. The average molecular weight is 174 g/mol. The van der Waals surface area contributed by atoms with Crippen molar-refractivity contribution in [2.75, 3.05) is 11.5 Å². The molecular weight excluding hydrogens is 168 g/mol. The zero-order valence-corrected chi connectivity index (χ0v) is 5.81. The standard InChI is InChI=1S/C5H6F4S/c6-4-2-10-1-3(4)5(7,8)9/h3-4H,1-2H2. The smallest absolute Gasteiger partial charge is 0.246 e. The van der Waals surface area contributed by atoms with Gasteiger partial charge in [-0.25, -0.2) is 4.39 Å². The summed E-state index contributed by atoms with van der Waals surface area (Å²) in [4.78, 5) is 0. The molecule has 10 heavy (non-hydrogen) atoms. The predicted octanol–water partition coefficient (Wildman–Crippen LogP) is 2.25. The van der Waals surface area contributed by atoms with Gasteiger partial charge >= 0.3 is 6.18 Å². The zero-order chi connectivity index (χ0) is 7.78. The molecule has 0 bridgehead atoms. The van der Waals surface area contributed by atoms with E-state index in [9.17, 15) is 17.6 Å². The Morgan fingerprint density at radius 1 is 1.20 bits per heavy atom. The first kappa shape index (κ1) is 8.17. The molecule has 0 nitrogen and oxygen atoms in total. The van der Waals surface area contributed by atoms with Crippen molar-refractivity contribution < 1.29 is 17.6 Å². The van der Waals surface area contributed by atoms with E-state index >= 15 is 0 Å². The lowest BCUT2D eigenvalue weighted by molar-refractivity contribution is -0.179. The number of hydrogen-bond acceptors (Lipinski definition) is 1. The van der Waals surface area contributed by atoms with Gasteiger partial charge in [0, 0.05) is 11.5 Å². The molecule has 2 unspecified atom stereocenters. The van der Waals surface area contributed by atoms with Gasteiger partial charge < -0.3 is 0 Å². The highest BCUT2D eigenvalue weighted by Crippen LogP contribution is 2.38. The van der Waals surface area contributed by atoms with E-state index in [1.54, 1.807) is 0 Å². The van der Waals surface area contributed by atoms with Gasteiger partial charge in [-0.15, -0.1) is 0 Å². The van der Waals surface area contributed by atoms with Crippen molar-refractivity contribution in [3.05, 3.63) is 0 Å². The lowest BCUT2D eigenvalue weighted by Gasteiger charge is -2.14. The van der Waals surface area contributed by atoms with E-state index in [1.807, 2.05) is 0 Å². The van der Waals surface area contributed by atoms with Crippen LogP contribution in [0.2, 0.25) is 0 Å². The first-order valence-electron chi connectivity index (χ1n) is 2.80. The second-order valence-electron chi connectivity index (χ2n) is 2.20. The summed E-state index contributed by atoms with van der Waals surface area (Å²) in [6.07, 6.45) is -6.03. The summed E-state index contributed by atoms with van der Waals surface area (Å²) in [6.45, 7) is 0. The van der Waals surface area contributed by atoms with Crippen LogP contribution in [0.5, 0.6) is 0 Å². The van der Waals surface area contributed by atoms with Gasteiger partial charge in [-0.3, -0.25) is 0 Å². The van der Waals surface area contributed by atoms with Gasteiger partial charge in [-0.1, -0.05) is 0 Å². The predicted molar refractivity (Wildman–Crippen MR) is 31.8 cm³/mol. The third-order valence-corrected chi connectivity index (χ3v) is 2.58. The minimum Gasteiger partial charge on any atom is -0.246 e. The molecule has 0 N–H and O–H groups in total. The van der Waals surface area contributed by atoms with Gasteiger partial charge in [0.1, 0.15) is 6.17 Å². The molecule has 60 valence electrons. The summed E-state index contributed by atoms with van der Waals surface area (Å²) in [6, 6.07) is 0.